The molecule has 0 unspecified atom stereocenters. The monoisotopic (exact) mass is 1950 g/mol. The molecule has 144 heavy (non-hydrogen) atoms. The minimum absolute atomic E-state index is 0.0152. The SMILES string of the molecule is CCOc1cccc(CC(=O)NC)c1COc1ccc(C)cc1CC.CCc1cc(C)ccc1OCc1c(C)cccc1CC(=O)NC.CCc1cc(C)ccc1OCc1c(C)cccc1CC(=O)NC.CCc1cc(C)ccc1OCc1c(CC(=O)NC)cccc1C1CC1.CCc1cc(C)ccc1OCc1c(CC)cccc1CC(=O)NC.CCc1cc(C)ccc1OCc1c(CO)cccc1CC(=O)NC. The molecule has 0 bridgehead atoms. The van der Waals surface area contributed by atoms with Crippen LogP contribution in [0.5, 0.6) is 40.2 Å². The van der Waals surface area contributed by atoms with E-state index in [1.807, 2.05) is 122 Å². The minimum atomic E-state index is -0.0746. The Kier molecular flexibility index (Phi) is 48.4. The molecule has 1 fully saturated rings. The van der Waals surface area contributed by atoms with Crippen LogP contribution < -0.4 is 65.1 Å². The second kappa shape index (κ2) is 60.5. The number of aryl methyl sites for hydroxylation is 15. The molecule has 12 aromatic carbocycles. The van der Waals surface area contributed by atoms with E-state index in [0.29, 0.717) is 84.3 Å². The van der Waals surface area contributed by atoms with Crippen LogP contribution in [0, 0.1) is 55.4 Å². The Morgan fingerprint density at radius 2 is 0.465 bits per heavy atom. The lowest BCUT2D eigenvalue weighted by atomic mass is 9.96. The highest BCUT2D eigenvalue weighted by Crippen LogP contribution is 2.43. The summed E-state index contributed by atoms with van der Waals surface area (Å²) in [5.41, 5.74) is 32.6. The van der Waals surface area contributed by atoms with Gasteiger partial charge in [-0.3, -0.25) is 28.8 Å². The van der Waals surface area contributed by atoms with Crippen LogP contribution in [0.1, 0.15) is 235 Å². The Morgan fingerprint density at radius 3 is 0.736 bits per heavy atom. The normalized spacial score (nSPS) is 11.0. The molecular formula is C124H156N6O14. The van der Waals surface area contributed by atoms with E-state index in [2.05, 4.69) is 239 Å². The van der Waals surface area contributed by atoms with E-state index in [0.717, 1.165) is 169 Å². The Balaban J connectivity index is 0.000000211. The molecular weight excluding hydrogens is 1800 g/mol. The summed E-state index contributed by atoms with van der Waals surface area (Å²) in [7, 11) is 9.94. The summed E-state index contributed by atoms with van der Waals surface area (Å²) in [4.78, 5) is 70.6. The summed E-state index contributed by atoms with van der Waals surface area (Å²) in [6, 6.07) is 73.5. The van der Waals surface area contributed by atoms with E-state index < -0.39 is 0 Å². The van der Waals surface area contributed by atoms with Crippen LogP contribution in [0.25, 0.3) is 0 Å². The number of aliphatic hydroxyl groups excluding tert-OH is 1. The van der Waals surface area contributed by atoms with Crippen molar-refractivity contribution < 1.29 is 67.0 Å². The number of amides is 6. The van der Waals surface area contributed by atoms with Crippen LogP contribution in [-0.4, -0.2) is 89.4 Å². The van der Waals surface area contributed by atoms with Crippen molar-refractivity contribution in [1.29, 1.82) is 0 Å². The molecule has 0 spiro atoms. The predicted molar refractivity (Wildman–Crippen MR) is 583 cm³/mol. The molecule has 0 radical (unpaired) electrons. The van der Waals surface area contributed by atoms with Crippen LogP contribution in [-0.2, 0) is 158 Å². The fourth-order valence-electron chi connectivity index (χ4n) is 17.1. The lowest BCUT2D eigenvalue weighted by Gasteiger charge is -2.17. The molecule has 0 aliphatic heterocycles. The molecule has 1 aliphatic carbocycles. The molecule has 766 valence electrons. The first-order valence-corrected chi connectivity index (χ1v) is 50.8. The lowest BCUT2D eigenvalue weighted by Crippen LogP contribution is -2.21. The summed E-state index contributed by atoms with van der Waals surface area (Å²) in [5, 5.41) is 25.7. The maximum atomic E-state index is 11.9. The summed E-state index contributed by atoms with van der Waals surface area (Å²) in [5.74, 6) is 6.86. The highest BCUT2D eigenvalue weighted by atomic mass is 16.5. The zero-order chi connectivity index (χ0) is 105. The number of rotatable bonds is 41. The van der Waals surface area contributed by atoms with Crippen molar-refractivity contribution in [3.63, 3.8) is 0 Å². The molecule has 20 nitrogen and oxygen atoms in total. The Labute approximate surface area is 857 Å². The highest BCUT2D eigenvalue weighted by molar-refractivity contribution is 5.82. The summed E-state index contributed by atoms with van der Waals surface area (Å²) < 4.78 is 42.4. The van der Waals surface area contributed by atoms with E-state index >= 15 is 0 Å². The van der Waals surface area contributed by atoms with E-state index in [9.17, 15) is 33.9 Å². The molecule has 0 aromatic heterocycles. The van der Waals surface area contributed by atoms with Gasteiger partial charge < -0.3 is 70.2 Å². The third-order valence-corrected chi connectivity index (χ3v) is 25.8. The largest absolute Gasteiger partial charge is 0.493 e. The molecule has 1 aliphatic rings. The molecule has 12 aromatic rings. The van der Waals surface area contributed by atoms with Gasteiger partial charge in [-0.25, -0.2) is 0 Å². The van der Waals surface area contributed by atoms with E-state index in [-0.39, 0.29) is 48.5 Å². The van der Waals surface area contributed by atoms with Gasteiger partial charge in [0.25, 0.3) is 0 Å². The molecule has 20 heteroatoms. The maximum absolute atomic E-state index is 11.9. The lowest BCUT2D eigenvalue weighted by molar-refractivity contribution is -0.120. The summed E-state index contributed by atoms with van der Waals surface area (Å²) >= 11 is 0. The van der Waals surface area contributed by atoms with Gasteiger partial charge in [0.15, 0.2) is 0 Å². The second-order valence-corrected chi connectivity index (χ2v) is 36.3. The van der Waals surface area contributed by atoms with Gasteiger partial charge in [0, 0.05) is 47.8 Å². The minimum Gasteiger partial charge on any atom is -0.493 e. The fraction of sp³-hybridized carbons (Fsp3) is 0.371. The third-order valence-electron chi connectivity index (χ3n) is 25.8. The van der Waals surface area contributed by atoms with Crippen LogP contribution in [0.4, 0.5) is 0 Å². The van der Waals surface area contributed by atoms with Crippen molar-refractivity contribution in [1.82, 2.24) is 31.9 Å². The van der Waals surface area contributed by atoms with Crippen LogP contribution in [0.3, 0.4) is 0 Å². The molecule has 1 saturated carbocycles. The van der Waals surface area contributed by atoms with Crippen molar-refractivity contribution in [3.8, 4) is 40.2 Å². The predicted octanol–water partition coefficient (Wildman–Crippen LogP) is 22.5. The van der Waals surface area contributed by atoms with E-state index in [1.54, 1.807) is 42.3 Å². The standard InChI is InChI=1S/C22H27NO2.C21H27NO3.C21H27NO2.C20H25NO3.2C20H25NO2/c1-4-16-12-15(2)8-11-21(16)25-14-20-18(13-22(24)23-3)6-5-7-19(20)17-9-10-17;1-5-16-12-15(3)10-11-19(16)25-14-18-17(13-21(23)22-4)8-7-9-20(18)24-6-2;1-5-16-8-7-9-18(13-21(23)22-4)19(16)14-24-20-11-10-15(3)12-17(20)6-2;1-4-15-10-14(2)8-9-19(15)24-13-18-16(11-20(23)21-3)6-5-7-17(18)12-22;2*1-5-16-11-14(2)9-10-19(16)23-13-18-15(3)7-6-8-17(18)12-20(22)21-4/h5-8,11-12,17H,4,9-10,13-14H2,1-3H3,(H,23,24);7-12H,5-6,13-14H2,1-4H3,(H,22,23);7-12H,5-6,13-14H2,1-4H3,(H,22,23);5-10,22H,4,11-13H2,1-3H3,(H,21,23);2*6-11H,5,12-13H2,1-4H3,(H,21,22). The fourth-order valence-corrected chi connectivity index (χ4v) is 17.1. The molecule has 0 saturated heterocycles. The first kappa shape index (κ1) is 115. The number of carbonyl (C=O) groups is 6. The Bertz CT molecular complexity index is 5970. The number of hydrogen-bond acceptors (Lipinski definition) is 14. The van der Waals surface area contributed by atoms with Crippen molar-refractivity contribution in [2.24, 2.45) is 0 Å². The topological polar surface area (TPSA) is 259 Å². The molecule has 6 amide bonds. The van der Waals surface area contributed by atoms with Gasteiger partial charge in [-0.05, 0) is 291 Å². The second-order valence-electron chi connectivity index (χ2n) is 36.3. The van der Waals surface area contributed by atoms with Gasteiger partial charge in [-0.1, -0.05) is 258 Å². The number of carbonyl (C=O) groups excluding carboxylic acids is 6. The molecule has 13 rings (SSSR count). The van der Waals surface area contributed by atoms with E-state index in [4.69, 9.17) is 33.2 Å². The van der Waals surface area contributed by atoms with Crippen molar-refractivity contribution >= 4 is 35.4 Å². The molecule has 0 atom stereocenters. The Hall–Kier alpha value is -14.0. The summed E-state index contributed by atoms with van der Waals surface area (Å²) in [6.45, 7) is 36.7. The highest BCUT2D eigenvalue weighted by Gasteiger charge is 2.29. The van der Waals surface area contributed by atoms with Gasteiger partial charge in [-0.2, -0.15) is 0 Å². The first-order valence-electron chi connectivity index (χ1n) is 50.8. The van der Waals surface area contributed by atoms with Gasteiger partial charge >= 0.3 is 0 Å². The zero-order valence-corrected chi connectivity index (χ0v) is 89.4. The number of likely N-dealkylation sites (N-methyl/N-ethyl adjacent to an activating group) is 6. The van der Waals surface area contributed by atoms with Gasteiger partial charge in [-0.15, -0.1) is 0 Å². The third kappa shape index (κ3) is 35.9. The summed E-state index contributed by atoms with van der Waals surface area (Å²) in [6.07, 6.45) is 11.1. The smallest absolute Gasteiger partial charge is 0.224 e. The number of aliphatic hydroxyl groups is 1. The van der Waals surface area contributed by atoms with Crippen LogP contribution in [0.15, 0.2) is 218 Å². The average molecular weight is 1950 g/mol. The number of hydrogen-bond donors (Lipinski definition) is 7. The van der Waals surface area contributed by atoms with E-state index in [1.165, 1.54) is 90.7 Å². The van der Waals surface area contributed by atoms with Gasteiger partial charge in [0.2, 0.25) is 35.4 Å². The van der Waals surface area contributed by atoms with Crippen molar-refractivity contribution in [2.75, 3.05) is 48.9 Å². The van der Waals surface area contributed by atoms with Crippen molar-refractivity contribution in [2.45, 2.75) is 259 Å². The quantitative estimate of drug-likeness (QED) is 0.0188. The number of ether oxygens (including phenoxy) is 7. The van der Waals surface area contributed by atoms with Gasteiger partial charge in [0.05, 0.1) is 51.7 Å². The average Bonchev–Trinajstić information content (AvgIpc) is 1.66. The maximum Gasteiger partial charge on any atom is 0.224 e. The van der Waals surface area contributed by atoms with Crippen LogP contribution in [0.2, 0.25) is 0 Å². The number of nitrogens with one attached hydrogen (secondary N) is 6. The Morgan fingerprint density at radius 1 is 0.243 bits per heavy atom. The molecule has 0 heterocycles. The number of benzene rings is 12. The van der Waals surface area contributed by atoms with Crippen LogP contribution >= 0.6 is 0 Å². The van der Waals surface area contributed by atoms with Gasteiger partial charge in [0.1, 0.15) is 79.9 Å². The van der Waals surface area contributed by atoms with Crippen molar-refractivity contribution in [3.05, 3.63) is 380 Å². The first-order chi connectivity index (χ1) is 69.5. The zero-order valence-electron chi connectivity index (χ0n) is 89.4. The molecule has 7 N–H and O–H groups in total.